The van der Waals surface area contributed by atoms with Crippen molar-refractivity contribution >= 4 is 11.0 Å². The Kier molecular flexibility index (Phi) is 5.75. The quantitative estimate of drug-likeness (QED) is 0.392. The molecule has 0 radical (unpaired) electrons. The van der Waals surface area contributed by atoms with Gasteiger partial charge >= 0.3 is 0 Å². The first-order chi connectivity index (χ1) is 14.6. The summed E-state index contributed by atoms with van der Waals surface area (Å²) in [5.74, 6) is 3.05. The minimum Gasteiger partial charge on any atom is -0.493 e. The lowest BCUT2D eigenvalue weighted by molar-refractivity contribution is 0.354. The lowest BCUT2D eigenvalue weighted by atomic mass is 10.0. The van der Waals surface area contributed by atoms with Gasteiger partial charge in [-0.05, 0) is 46.9 Å². The van der Waals surface area contributed by atoms with Crippen LogP contribution >= 0.6 is 0 Å². The molecule has 0 aliphatic rings. The van der Waals surface area contributed by atoms with Gasteiger partial charge in [-0.15, -0.1) is 0 Å². The van der Waals surface area contributed by atoms with Gasteiger partial charge in [0.25, 0.3) is 0 Å². The van der Waals surface area contributed by atoms with Crippen molar-refractivity contribution < 1.29 is 9.47 Å². The highest BCUT2D eigenvalue weighted by atomic mass is 16.5. The van der Waals surface area contributed by atoms with Gasteiger partial charge in [0.2, 0.25) is 0 Å². The molecule has 4 nitrogen and oxygen atoms in total. The Bertz CT molecular complexity index is 1140. The van der Waals surface area contributed by atoms with Crippen molar-refractivity contribution in [3.8, 4) is 11.5 Å². The molecule has 0 saturated heterocycles. The molecule has 4 aromatic rings. The van der Waals surface area contributed by atoms with Crippen LogP contribution in [0.4, 0.5) is 0 Å². The van der Waals surface area contributed by atoms with Crippen LogP contribution in [0.1, 0.15) is 42.3 Å². The molecule has 0 fully saturated rings. The minimum atomic E-state index is 0.536. The van der Waals surface area contributed by atoms with E-state index in [1.807, 2.05) is 18.2 Å². The number of imidazole rings is 1. The average molecular weight is 401 g/mol. The van der Waals surface area contributed by atoms with Crippen molar-refractivity contribution in [2.75, 3.05) is 14.2 Å². The Morgan fingerprint density at radius 1 is 0.833 bits per heavy atom. The first-order valence-corrected chi connectivity index (χ1v) is 10.3. The van der Waals surface area contributed by atoms with Crippen LogP contribution in [0.5, 0.6) is 11.5 Å². The molecule has 0 unspecified atom stereocenters. The molecule has 0 N–H and O–H groups in total. The molecule has 0 aliphatic heterocycles. The second kappa shape index (κ2) is 8.62. The fraction of sp³-hybridized carbons (Fsp3) is 0.269. The number of hydrogen-bond donors (Lipinski definition) is 0. The standard InChI is InChI=1S/C26H28N2O2/c1-18(2)21-12-9-19(10-13-21)17-28-23-8-6-5-7-22(23)27-26(28)16-20-11-14-24(29-3)25(15-20)30-4/h5-15,18H,16-17H2,1-4H3. The summed E-state index contributed by atoms with van der Waals surface area (Å²) >= 11 is 0. The fourth-order valence-corrected chi connectivity index (χ4v) is 3.80. The zero-order valence-corrected chi connectivity index (χ0v) is 18.1. The van der Waals surface area contributed by atoms with E-state index < -0.39 is 0 Å². The molecule has 0 amide bonds. The molecule has 4 heteroatoms. The molecule has 0 saturated carbocycles. The van der Waals surface area contributed by atoms with Crippen molar-refractivity contribution in [1.29, 1.82) is 0 Å². The van der Waals surface area contributed by atoms with Crippen LogP contribution in [-0.4, -0.2) is 23.8 Å². The minimum absolute atomic E-state index is 0.536. The van der Waals surface area contributed by atoms with E-state index in [4.69, 9.17) is 14.5 Å². The third-order valence-electron chi connectivity index (χ3n) is 5.53. The number of rotatable bonds is 7. The highest BCUT2D eigenvalue weighted by Crippen LogP contribution is 2.29. The van der Waals surface area contributed by atoms with Crippen molar-refractivity contribution in [3.05, 3.63) is 89.2 Å². The van der Waals surface area contributed by atoms with Crippen molar-refractivity contribution in [1.82, 2.24) is 9.55 Å². The second-order valence-corrected chi connectivity index (χ2v) is 7.87. The first-order valence-electron chi connectivity index (χ1n) is 10.3. The van der Waals surface area contributed by atoms with Crippen LogP contribution in [0.25, 0.3) is 11.0 Å². The van der Waals surface area contributed by atoms with E-state index in [9.17, 15) is 0 Å². The monoisotopic (exact) mass is 400 g/mol. The Morgan fingerprint density at radius 2 is 1.53 bits per heavy atom. The van der Waals surface area contributed by atoms with Crippen LogP contribution in [0, 0.1) is 0 Å². The van der Waals surface area contributed by atoms with E-state index in [2.05, 4.69) is 66.9 Å². The summed E-state index contributed by atoms with van der Waals surface area (Å²) < 4.78 is 13.2. The van der Waals surface area contributed by atoms with Gasteiger partial charge in [0.05, 0.1) is 25.3 Å². The summed E-state index contributed by atoms with van der Waals surface area (Å²) in [4.78, 5) is 4.94. The predicted octanol–water partition coefficient (Wildman–Crippen LogP) is 5.82. The van der Waals surface area contributed by atoms with Crippen LogP contribution in [0.15, 0.2) is 66.7 Å². The maximum Gasteiger partial charge on any atom is 0.161 e. The average Bonchev–Trinajstić information content (AvgIpc) is 3.11. The molecule has 1 aromatic heterocycles. The van der Waals surface area contributed by atoms with E-state index in [1.54, 1.807) is 14.2 Å². The van der Waals surface area contributed by atoms with Gasteiger partial charge < -0.3 is 14.0 Å². The normalized spacial score (nSPS) is 11.2. The lowest BCUT2D eigenvalue weighted by Gasteiger charge is -2.13. The molecule has 0 spiro atoms. The number of fused-ring (bicyclic) bond motifs is 1. The lowest BCUT2D eigenvalue weighted by Crippen LogP contribution is -2.06. The van der Waals surface area contributed by atoms with E-state index in [0.717, 1.165) is 46.9 Å². The molecular formula is C26H28N2O2. The number of nitrogens with zero attached hydrogens (tertiary/aromatic N) is 2. The number of benzene rings is 3. The summed E-state index contributed by atoms with van der Waals surface area (Å²) in [5.41, 5.74) is 5.95. The fourth-order valence-electron chi connectivity index (χ4n) is 3.80. The molecule has 0 atom stereocenters. The van der Waals surface area contributed by atoms with Gasteiger partial charge in [-0.1, -0.05) is 56.3 Å². The van der Waals surface area contributed by atoms with Crippen LogP contribution in [0.2, 0.25) is 0 Å². The zero-order chi connectivity index (χ0) is 21.1. The summed E-state index contributed by atoms with van der Waals surface area (Å²) in [6, 6.07) is 23.3. The molecule has 30 heavy (non-hydrogen) atoms. The first kappa shape index (κ1) is 20.0. The van der Waals surface area contributed by atoms with Crippen LogP contribution in [-0.2, 0) is 13.0 Å². The molecule has 3 aromatic carbocycles. The summed E-state index contributed by atoms with van der Waals surface area (Å²) in [7, 11) is 3.32. The highest BCUT2D eigenvalue weighted by Gasteiger charge is 2.13. The third-order valence-corrected chi connectivity index (χ3v) is 5.53. The summed E-state index contributed by atoms with van der Waals surface area (Å²) in [6.07, 6.45) is 0.721. The van der Waals surface area contributed by atoms with Gasteiger partial charge in [-0.2, -0.15) is 0 Å². The molecule has 0 bridgehead atoms. The second-order valence-electron chi connectivity index (χ2n) is 7.87. The Balaban J connectivity index is 1.70. The van der Waals surface area contributed by atoms with E-state index in [0.29, 0.717) is 5.92 Å². The van der Waals surface area contributed by atoms with Gasteiger partial charge in [0.1, 0.15) is 5.82 Å². The van der Waals surface area contributed by atoms with Gasteiger partial charge in [-0.25, -0.2) is 4.98 Å². The van der Waals surface area contributed by atoms with E-state index in [1.165, 1.54) is 11.1 Å². The number of methoxy groups -OCH3 is 2. The van der Waals surface area contributed by atoms with Crippen molar-refractivity contribution in [3.63, 3.8) is 0 Å². The highest BCUT2D eigenvalue weighted by molar-refractivity contribution is 5.76. The predicted molar refractivity (Wildman–Crippen MR) is 122 cm³/mol. The smallest absolute Gasteiger partial charge is 0.161 e. The van der Waals surface area contributed by atoms with E-state index >= 15 is 0 Å². The molecule has 154 valence electrons. The number of para-hydroxylation sites is 2. The van der Waals surface area contributed by atoms with Gasteiger partial charge in [0, 0.05) is 13.0 Å². The summed E-state index contributed by atoms with van der Waals surface area (Å²) in [5, 5.41) is 0. The van der Waals surface area contributed by atoms with Crippen molar-refractivity contribution in [2.45, 2.75) is 32.7 Å². The van der Waals surface area contributed by atoms with Gasteiger partial charge in [0.15, 0.2) is 11.5 Å². The van der Waals surface area contributed by atoms with Crippen LogP contribution in [0.3, 0.4) is 0 Å². The largest absolute Gasteiger partial charge is 0.493 e. The Hall–Kier alpha value is -3.27. The Labute approximate surface area is 178 Å². The van der Waals surface area contributed by atoms with Crippen molar-refractivity contribution in [2.24, 2.45) is 0 Å². The van der Waals surface area contributed by atoms with Crippen LogP contribution < -0.4 is 9.47 Å². The maximum absolute atomic E-state index is 5.48. The van der Waals surface area contributed by atoms with Gasteiger partial charge in [-0.3, -0.25) is 0 Å². The SMILES string of the molecule is COc1ccc(Cc2nc3ccccc3n2Cc2ccc(C(C)C)cc2)cc1OC. The topological polar surface area (TPSA) is 36.3 Å². The molecule has 4 rings (SSSR count). The number of aromatic nitrogens is 2. The maximum atomic E-state index is 5.48. The Morgan fingerprint density at radius 3 is 2.23 bits per heavy atom. The zero-order valence-electron chi connectivity index (χ0n) is 18.1. The molecule has 1 heterocycles. The summed E-state index contributed by atoms with van der Waals surface area (Å²) in [6.45, 7) is 5.24. The van der Waals surface area contributed by atoms with E-state index in [-0.39, 0.29) is 0 Å². The number of hydrogen-bond acceptors (Lipinski definition) is 3. The molecule has 0 aliphatic carbocycles. The molecular weight excluding hydrogens is 372 g/mol. The number of ether oxygens (including phenoxy) is 2. The third kappa shape index (κ3) is 4.04.